The molecule has 0 saturated carbocycles. The molecular formula is C16H24N2O3. The number of piperidine rings is 1. The molecule has 21 heavy (non-hydrogen) atoms. The van der Waals surface area contributed by atoms with Crippen molar-refractivity contribution in [2.75, 3.05) is 20.1 Å². The van der Waals surface area contributed by atoms with Gasteiger partial charge in [-0.25, -0.2) is 0 Å². The van der Waals surface area contributed by atoms with E-state index in [4.69, 9.17) is 15.6 Å². The molecule has 1 heterocycles. The Hall–Kier alpha value is -1.59. The second-order valence-electron chi connectivity index (χ2n) is 5.73. The molecule has 0 aromatic heterocycles. The van der Waals surface area contributed by atoms with Gasteiger partial charge >= 0.3 is 5.97 Å². The molecule has 3 N–H and O–H groups in total. The van der Waals surface area contributed by atoms with Crippen molar-refractivity contribution in [2.45, 2.75) is 37.8 Å². The third-order valence-corrected chi connectivity index (χ3v) is 3.92. The second-order valence-corrected chi connectivity index (χ2v) is 5.73. The Balaban J connectivity index is 1.92. The SMILES string of the molecule is CN1CCC(Oc2cccc(C(N)CCC(=O)O)c2)CC1. The smallest absolute Gasteiger partial charge is 0.303 e. The van der Waals surface area contributed by atoms with Crippen LogP contribution < -0.4 is 10.5 Å². The summed E-state index contributed by atoms with van der Waals surface area (Å²) in [4.78, 5) is 12.9. The Kier molecular flexibility index (Phi) is 5.59. The first kappa shape index (κ1) is 15.8. The number of carboxylic acid groups (broad SMARTS) is 1. The summed E-state index contributed by atoms with van der Waals surface area (Å²) < 4.78 is 6.02. The first-order valence-corrected chi connectivity index (χ1v) is 7.47. The maximum atomic E-state index is 10.6. The molecule has 1 saturated heterocycles. The maximum Gasteiger partial charge on any atom is 0.303 e. The molecule has 1 aliphatic heterocycles. The maximum absolute atomic E-state index is 10.6. The molecule has 1 aromatic rings. The van der Waals surface area contributed by atoms with E-state index in [0.29, 0.717) is 6.42 Å². The number of likely N-dealkylation sites (tertiary alicyclic amines) is 1. The number of aliphatic carboxylic acids is 1. The molecule has 116 valence electrons. The number of ether oxygens (including phenoxy) is 1. The number of hydrogen-bond acceptors (Lipinski definition) is 4. The molecule has 1 fully saturated rings. The Bertz CT molecular complexity index is 470. The van der Waals surface area contributed by atoms with Gasteiger partial charge < -0.3 is 20.5 Å². The van der Waals surface area contributed by atoms with Crippen LogP contribution in [0.15, 0.2) is 24.3 Å². The molecule has 0 bridgehead atoms. The summed E-state index contributed by atoms with van der Waals surface area (Å²) in [5.74, 6) is 0.0111. The minimum Gasteiger partial charge on any atom is -0.490 e. The molecular weight excluding hydrogens is 268 g/mol. The van der Waals surface area contributed by atoms with Gasteiger partial charge in [0, 0.05) is 25.6 Å². The molecule has 0 aliphatic carbocycles. The van der Waals surface area contributed by atoms with E-state index < -0.39 is 5.97 Å². The van der Waals surface area contributed by atoms with Crippen LogP contribution in [-0.2, 0) is 4.79 Å². The summed E-state index contributed by atoms with van der Waals surface area (Å²) in [6.07, 6.45) is 2.85. The number of nitrogens with two attached hydrogens (primary N) is 1. The fourth-order valence-electron chi connectivity index (χ4n) is 2.56. The minimum absolute atomic E-state index is 0.0845. The molecule has 0 spiro atoms. The molecule has 2 rings (SSSR count). The quantitative estimate of drug-likeness (QED) is 0.839. The summed E-state index contributed by atoms with van der Waals surface area (Å²) in [6, 6.07) is 7.45. The predicted octanol–water partition coefficient (Wildman–Crippen LogP) is 2.02. The molecule has 1 aromatic carbocycles. The molecule has 5 nitrogen and oxygen atoms in total. The van der Waals surface area contributed by atoms with Crippen molar-refractivity contribution < 1.29 is 14.6 Å². The Morgan fingerprint density at radius 1 is 1.48 bits per heavy atom. The monoisotopic (exact) mass is 292 g/mol. The number of benzene rings is 1. The highest BCUT2D eigenvalue weighted by molar-refractivity contribution is 5.66. The number of carbonyl (C=O) groups is 1. The normalized spacial score (nSPS) is 18.4. The predicted molar refractivity (Wildman–Crippen MR) is 81.4 cm³/mol. The number of rotatable bonds is 6. The van der Waals surface area contributed by atoms with Crippen molar-refractivity contribution >= 4 is 5.97 Å². The Morgan fingerprint density at radius 2 is 2.19 bits per heavy atom. The summed E-state index contributed by atoms with van der Waals surface area (Å²) in [7, 11) is 2.12. The van der Waals surface area contributed by atoms with Crippen LogP contribution in [0.3, 0.4) is 0 Å². The summed E-state index contributed by atoms with van der Waals surface area (Å²) in [6.45, 7) is 2.12. The Morgan fingerprint density at radius 3 is 2.86 bits per heavy atom. The van der Waals surface area contributed by atoms with Gasteiger partial charge in [0.15, 0.2) is 0 Å². The number of nitrogens with zero attached hydrogens (tertiary/aromatic N) is 1. The Labute approximate surface area is 125 Å². The summed E-state index contributed by atoms with van der Waals surface area (Å²) in [5, 5.41) is 8.72. The second kappa shape index (κ2) is 7.43. The van der Waals surface area contributed by atoms with Crippen LogP contribution in [0.25, 0.3) is 0 Å². The summed E-state index contributed by atoms with van der Waals surface area (Å²) >= 11 is 0. The van der Waals surface area contributed by atoms with Gasteiger partial charge in [-0.15, -0.1) is 0 Å². The number of carboxylic acids is 1. The van der Waals surface area contributed by atoms with E-state index in [1.807, 2.05) is 24.3 Å². The highest BCUT2D eigenvalue weighted by Gasteiger charge is 2.18. The fraction of sp³-hybridized carbons (Fsp3) is 0.562. The molecule has 5 heteroatoms. The van der Waals surface area contributed by atoms with Crippen LogP contribution in [0, 0.1) is 0 Å². The van der Waals surface area contributed by atoms with Gasteiger partial charge in [0.05, 0.1) is 0 Å². The lowest BCUT2D eigenvalue weighted by atomic mass is 10.0. The van der Waals surface area contributed by atoms with Crippen LogP contribution in [0.2, 0.25) is 0 Å². The summed E-state index contributed by atoms with van der Waals surface area (Å²) in [5.41, 5.74) is 6.97. The number of hydrogen-bond donors (Lipinski definition) is 2. The average Bonchev–Trinajstić information content (AvgIpc) is 2.47. The van der Waals surface area contributed by atoms with Gasteiger partial charge in [0.2, 0.25) is 0 Å². The van der Waals surface area contributed by atoms with Crippen molar-refractivity contribution in [3.8, 4) is 5.75 Å². The first-order valence-electron chi connectivity index (χ1n) is 7.47. The lowest BCUT2D eigenvalue weighted by Crippen LogP contribution is -2.35. The van der Waals surface area contributed by atoms with E-state index in [1.165, 1.54) is 0 Å². The standard InChI is InChI=1S/C16H24N2O3/c1-18-9-7-13(8-10-18)21-14-4-2-3-12(11-14)15(17)5-6-16(19)20/h2-4,11,13,15H,5-10,17H2,1H3,(H,19,20). The van der Waals surface area contributed by atoms with Crippen molar-refractivity contribution in [3.63, 3.8) is 0 Å². The molecule has 1 unspecified atom stereocenters. The van der Waals surface area contributed by atoms with E-state index in [2.05, 4.69) is 11.9 Å². The fourth-order valence-corrected chi connectivity index (χ4v) is 2.56. The van der Waals surface area contributed by atoms with Gasteiger partial charge in [0.1, 0.15) is 11.9 Å². The van der Waals surface area contributed by atoms with Crippen LogP contribution in [0.5, 0.6) is 5.75 Å². The van der Waals surface area contributed by atoms with Gasteiger partial charge in [-0.3, -0.25) is 4.79 Å². The average molecular weight is 292 g/mol. The lowest BCUT2D eigenvalue weighted by Gasteiger charge is -2.29. The third kappa shape index (κ3) is 5.02. The first-order chi connectivity index (χ1) is 10.0. The van der Waals surface area contributed by atoms with E-state index in [9.17, 15) is 4.79 Å². The van der Waals surface area contributed by atoms with Crippen molar-refractivity contribution in [1.82, 2.24) is 4.90 Å². The van der Waals surface area contributed by atoms with Crippen LogP contribution >= 0.6 is 0 Å². The highest BCUT2D eigenvalue weighted by atomic mass is 16.5. The zero-order valence-electron chi connectivity index (χ0n) is 12.5. The van der Waals surface area contributed by atoms with E-state index in [1.54, 1.807) is 0 Å². The minimum atomic E-state index is -0.816. The highest BCUT2D eigenvalue weighted by Crippen LogP contribution is 2.23. The van der Waals surface area contributed by atoms with Crippen molar-refractivity contribution in [1.29, 1.82) is 0 Å². The topological polar surface area (TPSA) is 75.8 Å². The zero-order valence-corrected chi connectivity index (χ0v) is 12.5. The molecule has 1 aliphatic rings. The zero-order chi connectivity index (χ0) is 15.2. The van der Waals surface area contributed by atoms with E-state index >= 15 is 0 Å². The van der Waals surface area contributed by atoms with Gasteiger partial charge in [-0.05, 0) is 44.0 Å². The molecule has 1 atom stereocenters. The van der Waals surface area contributed by atoms with Crippen molar-refractivity contribution in [2.24, 2.45) is 5.73 Å². The van der Waals surface area contributed by atoms with Crippen molar-refractivity contribution in [3.05, 3.63) is 29.8 Å². The van der Waals surface area contributed by atoms with Crippen LogP contribution in [0.1, 0.15) is 37.3 Å². The molecule has 0 radical (unpaired) electrons. The third-order valence-electron chi connectivity index (χ3n) is 3.92. The lowest BCUT2D eigenvalue weighted by molar-refractivity contribution is -0.137. The van der Waals surface area contributed by atoms with Crippen LogP contribution in [0.4, 0.5) is 0 Å². The van der Waals surface area contributed by atoms with Crippen LogP contribution in [-0.4, -0.2) is 42.2 Å². The van der Waals surface area contributed by atoms with Gasteiger partial charge in [-0.1, -0.05) is 12.1 Å². The van der Waals surface area contributed by atoms with E-state index in [-0.39, 0.29) is 18.6 Å². The van der Waals surface area contributed by atoms with Gasteiger partial charge in [0.25, 0.3) is 0 Å². The van der Waals surface area contributed by atoms with E-state index in [0.717, 1.165) is 37.2 Å². The molecule has 0 amide bonds. The largest absolute Gasteiger partial charge is 0.490 e. The van der Waals surface area contributed by atoms with Gasteiger partial charge in [-0.2, -0.15) is 0 Å².